The predicted molar refractivity (Wildman–Crippen MR) is 101 cm³/mol. The van der Waals surface area contributed by atoms with E-state index in [1.165, 1.54) is 11.3 Å². The van der Waals surface area contributed by atoms with Crippen LogP contribution in [0.2, 0.25) is 0 Å². The number of amides is 1. The van der Waals surface area contributed by atoms with Crippen molar-refractivity contribution in [1.29, 1.82) is 0 Å². The molecule has 25 heavy (non-hydrogen) atoms. The molecule has 0 spiro atoms. The molecule has 3 heterocycles. The number of nitrogens with one attached hydrogen (secondary N) is 1. The lowest BCUT2D eigenvalue weighted by molar-refractivity contribution is 0.102. The highest BCUT2D eigenvalue weighted by atomic mass is 32.1. The van der Waals surface area contributed by atoms with Gasteiger partial charge in [0.05, 0.1) is 17.6 Å². The number of anilines is 1. The van der Waals surface area contributed by atoms with Crippen LogP contribution in [0, 0.1) is 0 Å². The number of hydrogen-bond acceptors (Lipinski definition) is 5. The van der Waals surface area contributed by atoms with Crippen LogP contribution in [0.1, 0.15) is 16.1 Å². The first-order chi connectivity index (χ1) is 12.3. The van der Waals surface area contributed by atoms with Gasteiger partial charge in [0.25, 0.3) is 5.91 Å². The van der Waals surface area contributed by atoms with Crippen LogP contribution in [0.3, 0.4) is 0 Å². The monoisotopic (exact) mass is 366 g/mol. The largest absolute Gasteiger partial charge is 0.305 e. The smallest absolute Gasteiger partial charge is 0.276 e. The zero-order valence-corrected chi connectivity index (χ0v) is 14.8. The summed E-state index contributed by atoms with van der Waals surface area (Å²) in [6, 6.07) is 15.8. The van der Waals surface area contributed by atoms with Gasteiger partial charge in [-0.3, -0.25) is 4.79 Å². The lowest BCUT2D eigenvalue weighted by Crippen LogP contribution is -2.16. The first kappa shape index (κ1) is 15.7. The maximum atomic E-state index is 12.5. The molecule has 5 nitrogen and oxygen atoms in total. The number of carbonyl (C=O) groups is 1. The fourth-order valence-corrected chi connectivity index (χ4v) is 4.01. The highest BCUT2D eigenvalue weighted by Crippen LogP contribution is 2.28. The molecule has 0 bridgehead atoms. The number of aromatic nitrogens is 3. The molecule has 1 aromatic carbocycles. The first-order valence-electron chi connectivity index (χ1n) is 7.66. The maximum Gasteiger partial charge on any atom is 0.276 e. The molecule has 3 aromatic heterocycles. The number of thiophene rings is 1. The first-order valence-corrected chi connectivity index (χ1v) is 9.42. The fraction of sp³-hybridized carbons (Fsp3) is 0.0556. The number of rotatable bonds is 5. The number of carbonyl (C=O) groups excluding carboxylic acids is 1. The quantitative estimate of drug-likeness (QED) is 0.571. The average molecular weight is 366 g/mol. The van der Waals surface area contributed by atoms with Crippen LogP contribution in [-0.4, -0.2) is 20.7 Å². The minimum atomic E-state index is -0.228. The van der Waals surface area contributed by atoms with E-state index in [0.29, 0.717) is 18.1 Å². The van der Waals surface area contributed by atoms with Gasteiger partial charge in [-0.15, -0.1) is 22.7 Å². The molecule has 1 N–H and O–H groups in total. The number of nitrogens with zero attached hydrogens (tertiary/aromatic N) is 3. The summed E-state index contributed by atoms with van der Waals surface area (Å²) in [6.07, 6.45) is 1.68. The Morgan fingerprint density at radius 2 is 1.96 bits per heavy atom. The molecular formula is C18H14N4OS2. The molecule has 124 valence electrons. The summed E-state index contributed by atoms with van der Waals surface area (Å²) in [4.78, 5) is 18.0. The molecule has 0 saturated carbocycles. The predicted octanol–water partition coefficient (Wildman–Crippen LogP) is 4.37. The molecule has 0 saturated heterocycles. The number of thiazole rings is 1. The summed E-state index contributed by atoms with van der Waals surface area (Å²) in [6.45, 7) is 0.598. The molecule has 0 aliphatic rings. The third kappa shape index (κ3) is 3.52. The van der Waals surface area contributed by atoms with E-state index in [0.717, 1.165) is 15.4 Å². The third-order valence-electron chi connectivity index (χ3n) is 3.60. The Labute approximate surface area is 152 Å². The fourth-order valence-electron chi connectivity index (χ4n) is 2.39. The van der Waals surface area contributed by atoms with Gasteiger partial charge in [0.15, 0.2) is 0 Å². The van der Waals surface area contributed by atoms with Crippen molar-refractivity contribution in [2.75, 3.05) is 5.32 Å². The van der Waals surface area contributed by atoms with E-state index in [1.54, 1.807) is 33.7 Å². The van der Waals surface area contributed by atoms with Crippen molar-refractivity contribution in [2.45, 2.75) is 6.54 Å². The minimum Gasteiger partial charge on any atom is -0.305 e. The van der Waals surface area contributed by atoms with Crippen LogP contribution in [-0.2, 0) is 6.54 Å². The maximum absolute atomic E-state index is 12.5. The normalized spacial score (nSPS) is 10.7. The SMILES string of the molecule is O=C(Nc1ccnn1Cc1ccccc1)c1csc(-c2cccs2)n1. The third-order valence-corrected chi connectivity index (χ3v) is 5.48. The second-order valence-corrected chi connectivity index (χ2v) is 7.13. The zero-order valence-electron chi connectivity index (χ0n) is 13.1. The Hall–Kier alpha value is -2.77. The molecule has 0 aliphatic heterocycles. The van der Waals surface area contributed by atoms with Crippen LogP contribution in [0.5, 0.6) is 0 Å². The molecule has 0 aliphatic carbocycles. The van der Waals surface area contributed by atoms with Crippen molar-refractivity contribution in [3.63, 3.8) is 0 Å². The van der Waals surface area contributed by atoms with E-state index in [4.69, 9.17) is 0 Å². The minimum absolute atomic E-state index is 0.228. The Morgan fingerprint density at radius 1 is 1.08 bits per heavy atom. The van der Waals surface area contributed by atoms with Gasteiger partial charge in [0.1, 0.15) is 16.5 Å². The van der Waals surface area contributed by atoms with Crippen molar-refractivity contribution < 1.29 is 4.79 Å². The number of hydrogen-bond donors (Lipinski definition) is 1. The lowest BCUT2D eigenvalue weighted by Gasteiger charge is -2.08. The van der Waals surface area contributed by atoms with Gasteiger partial charge < -0.3 is 5.32 Å². The van der Waals surface area contributed by atoms with Gasteiger partial charge >= 0.3 is 0 Å². The molecule has 7 heteroatoms. The second kappa shape index (κ2) is 7.00. The summed E-state index contributed by atoms with van der Waals surface area (Å²) in [5.74, 6) is 0.424. The Morgan fingerprint density at radius 3 is 2.76 bits per heavy atom. The molecule has 1 amide bonds. The van der Waals surface area contributed by atoms with Gasteiger partial charge in [0.2, 0.25) is 0 Å². The highest BCUT2D eigenvalue weighted by Gasteiger charge is 2.14. The molecule has 4 aromatic rings. The lowest BCUT2D eigenvalue weighted by atomic mass is 10.2. The van der Waals surface area contributed by atoms with Crippen molar-refractivity contribution in [2.24, 2.45) is 0 Å². The summed E-state index contributed by atoms with van der Waals surface area (Å²) in [7, 11) is 0. The van der Waals surface area contributed by atoms with E-state index >= 15 is 0 Å². The molecule has 0 unspecified atom stereocenters. The van der Waals surface area contributed by atoms with Crippen molar-refractivity contribution in [3.8, 4) is 9.88 Å². The van der Waals surface area contributed by atoms with E-state index in [2.05, 4.69) is 15.4 Å². The number of benzene rings is 1. The van der Waals surface area contributed by atoms with E-state index in [1.807, 2.05) is 47.8 Å². The van der Waals surface area contributed by atoms with Crippen molar-refractivity contribution in [1.82, 2.24) is 14.8 Å². The van der Waals surface area contributed by atoms with Gasteiger partial charge in [0, 0.05) is 11.4 Å². The van der Waals surface area contributed by atoms with Gasteiger partial charge in [-0.1, -0.05) is 36.4 Å². The topological polar surface area (TPSA) is 59.8 Å². The molecule has 0 fully saturated rings. The highest BCUT2D eigenvalue weighted by molar-refractivity contribution is 7.20. The summed E-state index contributed by atoms with van der Waals surface area (Å²) >= 11 is 3.08. The molecule has 4 rings (SSSR count). The zero-order chi connectivity index (χ0) is 17.1. The van der Waals surface area contributed by atoms with Gasteiger partial charge in [-0.2, -0.15) is 5.10 Å². The van der Waals surface area contributed by atoms with Crippen LogP contribution >= 0.6 is 22.7 Å². The van der Waals surface area contributed by atoms with Crippen LogP contribution in [0.4, 0.5) is 5.82 Å². The standard InChI is InChI=1S/C18H14N4OS2/c23-17(14-12-25-18(20-14)15-7-4-10-24-15)21-16-8-9-19-22(16)11-13-5-2-1-3-6-13/h1-10,12H,11H2,(H,21,23). The van der Waals surface area contributed by atoms with E-state index < -0.39 is 0 Å². The van der Waals surface area contributed by atoms with Crippen molar-refractivity contribution >= 4 is 34.4 Å². The van der Waals surface area contributed by atoms with E-state index in [-0.39, 0.29) is 5.91 Å². The van der Waals surface area contributed by atoms with Crippen LogP contribution in [0.15, 0.2) is 65.5 Å². The summed E-state index contributed by atoms with van der Waals surface area (Å²) < 4.78 is 1.76. The van der Waals surface area contributed by atoms with Crippen LogP contribution in [0.25, 0.3) is 9.88 Å². The summed E-state index contributed by atoms with van der Waals surface area (Å²) in [5.41, 5.74) is 1.54. The Bertz CT molecular complexity index is 974. The summed E-state index contributed by atoms with van der Waals surface area (Å²) in [5, 5.41) is 11.8. The van der Waals surface area contributed by atoms with E-state index in [9.17, 15) is 4.79 Å². The Kier molecular flexibility index (Phi) is 4.41. The molecule has 0 radical (unpaired) electrons. The molecular weight excluding hydrogens is 352 g/mol. The van der Waals surface area contributed by atoms with Gasteiger partial charge in [-0.25, -0.2) is 9.67 Å². The van der Waals surface area contributed by atoms with Gasteiger partial charge in [-0.05, 0) is 17.0 Å². The second-order valence-electron chi connectivity index (χ2n) is 5.33. The molecule has 0 atom stereocenters. The Balaban J connectivity index is 1.49. The van der Waals surface area contributed by atoms with Crippen LogP contribution < -0.4 is 5.32 Å². The average Bonchev–Trinajstić information content (AvgIpc) is 3.38. The van der Waals surface area contributed by atoms with Crippen molar-refractivity contribution in [3.05, 3.63) is 76.7 Å².